The number of hydrogen-bond acceptors (Lipinski definition) is 8. The molecule has 4 aliphatic rings. The summed E-state index contributed by atoms with van der Waals surface area (Å²) in [6, 6.07) is 16.5. The second-order valence-corrected chi connectivity index (χ2v) is 20.4. The number of benzene rings is 6. The van der Waals surface area contributed by atoms with E-state index in [9.17, 15) is 61.5 Å². The van der Waals surface area contributed by atoms with E-state index in [2.05, 4.69) is 25.4 Å². The molecule has 4 fully saturated rings. The van der Waals surface area contributed by atoms with Crippen LogP contribution in [0.2, 0.25) is 0 Å². The Morgan fingerprint density at radius 2 is 0.750 bits per heavy atom. The predicted molar refractivity (Wildman–Crippen MR) is 264 cm³/mol. The van der Waals surface area contributed by atoms with Crippen LogP contribution in [-0.2, 0) is 31.2 Å². The topological polar surface area (TPSA) is 95.8 Å². The largest absolute Gasteiger partial charge is 0.488 e. The third-order valence-electron chi connectivity index (χ3n) is 14.0. The molecule has 0 atom stereocenters. The highest BCUT2D eigenvalue weighted by atomic mass is 79.9. The Balaban J connectivity index is 0.000000170. The lowest BCUT2D eigenvalue weighted by Gasteiger charge is -2.32. The molecule has 24 heteroatoms. The maximum Gasteiger partial charge on any atom is 0.488 e. The summed E-state index contributed by atoms with van der Waals surface area (Å²) in [6.45, 7) is 2.70. The maximum atomic E-state index is 14.7. The van der Waals surface area contributed by atoms with Crippen molar-refractivity contribution in [3.05, 3.63) is 182 Å². The smallest absolute Gasteiger partial charge is 0.429 e. The number of rotatable bonds is 12. The Hall–Kier alpha value is -5.76. The van der Waals surface area contributed by atoms with Crippen molar-refractivity contribution in [1.82, 2.24) is 0 Å². The van der Waals surface area contributed by atoms with Gasteiger partial charge in [0.05, 0.1) is 26.4 Å². The fraction of sp³-hybridized carbons (Fsp3) is 0.357. The monoisotopic (exact) mass is 1200 g/mol. The molecule has 2 heterocycles. The van der Waals surface area contributed by atoms with Crippen LogP contribution in [0.25, 0.3) is 11.1 Å². The van der Waals surface area contributed by atoms with Gasteiger partial charge in [-0.1, -0.05) is 116 Å². The van der Waals surface area contributed by atoms with Gasteiger partial charge < -0.3 is 38.5 Å². The molecule has 2 aliphatic carbocycles. The minimum absolute atomic E-state index is 0.0308. The van der Waals surface area contributed by atoms with Crippen molar-refractivity contribution in [1.29, 1.82) is 0 Å². The summed E-state index contributed by atoms with van der Waals surface area (Å²) in [5, 5.41) is 18.1. The van der Waals surface area contributed by atoms with E-state index in [0.717, 1.165) is 24.7 Å². The molecule has 0 unspecified atom stereocenters. The van der Waals surface area contributed by atoms with E-state index in [1.807, 2.05) is 12.1 Å². The Labute approximate surface area is 457 Å². The van der Waals surface area contributed by atoms with Crippen molar-refractivity contribution in [3.8, 4) is 22.6 Å². The fourth-order valence-corrected chi connectivity index (χ4v) is 10.3. The predicted octanol–water partition coefficient (Wildman–Crippen LogP) is 14.5. The first-order valence-electron chi connectivity index (χ1n) is 25.1. The minimum Gasteiger partial charge on any atom is -0.429 e. The van der Waals surface area contributed by atoms with E-state index in [-0.39, 0.29) is 40.6 Å². The van der Waals surface area contributed by atoms with Crippen LogP contribution < -0.4 is 14.9 Å². The zero-order valence-electron chi connectivity index (χ0n) is 41.8. The number of hydrogen-bond donors (Lipinski definition) is 2. The summed E-state index contributed by atoms with van der Waals surface area (Å²) in [7, 11) is -1.43. The van der Waals surface area contributed by atoms with Gasteiger partial charge in [-0.05, 0) is 52.7 Å². The molecule has 80 heavy (non-hydrogen) atoms. The van der Waals surface area contributed by atoms with Gasteiger partial charge in [0.25, 0.3) is 0 Å². The molecule has 2 aliphatic heterocycles. The second kappa shape index (κ2) is 26.0. The molecule has 6 aromatic carbocycles. The van der Waals surface area contributed by atoms with Gasteiger partial charge in [-0.3, -0.25) is 0 Å². The first kappa shape index (κ1) is 60.3. The molecule has 428 valence electrons. The molecule has 6 aromatic rings. The van der Waals surface area contributed by atoms with Gasteiger partial charge in [-0.15, -0.1) is 0 Å². The van der Waals surface area contributed by atoms with Crippen molar-refractivity contribution in [3.63, 3.8) is 0 Å². The minimum atomic E-state index is -4.65. The summed E-state index contributed by atoms with van der Waals surface area (Å²) in [6.07, 6.45) is 0.00709. The van der Waals surface area contributed by atoms with Crippen molar-refractivity contribution in [2.75, 3.05) is 26.4 Å². The number of alkyl halides is 4. The van der Waals surface area contributed by atoms with E-state index in [0.29, 0.717) is 71.8 Å². The molecule has 0 amide bonds. The molecule has 2 saturated carbocycles. The summed E-state index contributed by atoms with van der Waals surface area (Å²) in [5.74, 6) is -17.5. The second-order valence-electron chi connectivity index (χ2n) is 19.5. The molecule has 2 N–H and O–H groups in total. The normalized spacial score (nSPS) is 19.9. The standard InChI is InChI=1S/C28H23F7O3.C15H21BO4.C13H4BrF7O/c29-21-9-18(10-22(30)25(21)28(34,35)38-20-11-23(31)26(33)24(32)12-20)16-5-7-17(8-6-16)27-36-13-19(14-37-27)15-3-1-2-4-15;17-16(18)14-7-5-12(6-8-14)15-19-9-13(10-20-15)11-3-1-2-4-11;14-5-1-7(15)11(8(16)2-5)13(20,21)22-6-3-9(17)12(19)10(18)4-6/h5-12,15,19,27H,1-4,13-14H2;5-8,11,13,15,17-18H,1-4,9-10H2;1-4H. The highest BCUT2D eigenvalue weighted by Gasteiger charge is 2.43. The Bertz CT molecular complexity index is 2980. The van der Waals surface area contributed by atoms with Gasteiger partial charge in [0.1, 0.15) is 45.9 Å². The molecule has 0 bridgehead atoms. The van der Waals surface area contributed by atoms with E-state index in [4.69, 9.17) is 29.0 Å². The van der Waals surface area contributed by atoms with Crippen LogP contribution in [0, 0.1) is 81.8 Å². The SMILES string of the molecule is Fc1cc(OC(F)(F)c2c(F)cc(-c3ccc(C4OCC(C5CCCC5)CO4)cc3)cc2F)cc(F)c1F.Fc1cc(OC(F)(F)c2c(F)cc(Br)cc2F)cc(F)c1F.OB(O)c1ccc(C2OCC(C3CCCC3)CO2)cc1. The zero-order chi connectivity index (χ0) is 57.6. The Morgan fingerprint density at radius 3 is 1.09 bits per heavy atom. The van der Waals surface area contributed by atoms with Crippen molar-refractivity contribution in [2.24, 2.45) is 23.7 Å². The van der Waals surface area contributed by atoms with E-state index in [1.54, 1.807) is 36.4 Å². The molecule has 0 radical (unpaired) electrons. The van der Waals surface area contributed by atoms with Gasteiger partial charge >= 0.3 is 19.3 Å². The van der Waals surface area contributed by atoms with Crippen LogP contribution in [0.5, 0.6) is 11.5 Å². The summed E-state index contributed by atoms with van der Waals surface area (Å²) in [4.78, 5) is 0. The van der Waals surface area contributed by atoms with E-state index < -0.39 is 106 Å². The van der Waals surface area contributed by atoms with Crippen LogP contribution in [0.4, 0.5) is 61.5 Å². The average molecular weight is 1210 g/mol. The quantitative estimate of drug-likeness (QED) is 0.0711. The molecule has 0 spiro atoms. The number of ether oxygens (including phenoxy) is 6. The molecular weight excluding hydrogens is 1160 g/mol. The molecule has 8 nitrogen and oxygen atoms in total. The summed E-state index contributed by atoms with van der Waals surface area (Å²) >= 11 is 2.70. The highest BCUT2D eigenvalue weighted by Crippen LogP contribution is 2.41. The summed E-state index contributed by atoms with van der Waals surface area (Å²) in [5.41, 5.74) is -1.09. The van der Waals surface area contributed by atoms with Crippen molar-refractivity contribution in [2.45, 2.75) is 76.2 Å². The maximum absolute atomic E-state index is 14.7. The van der Waals surface area contributed by atoms with Crippen molar-refractivity contribution < 1.29 is 99.9 Å². The Kier molecular flexibility index (Phi) is 19.6. The third-order valence-corrected chi connectivity index (χ3v) is 14.5. The molecule has 2 saturated heterocycles. The zero-order valence-corrected chi connectivity index (χ0v) is 43.4. The van der Waals surface area contributed by atoms with E-state index >= 15 is 0 Å². The third kappa shape index (κ3) is 14.6. The van der Waals surface area contributed by atoms with Gasteiger partial charge in [0.2, 0.25) is 0 Å². The lowest BCUT2D eigenvalue weighted by atomic mass is 9.80. The molecule has 10 rings (SSSR count). The first-order chi connectivity index (χ1) is 38.0. The highest BCUT2D eigenvalue weighted by molar-refractivity contribution is 9.10. The first-order valence-corrected chi connectivity index (χ1v) is 25.9. The van der Waals surface area contributed by atoms with Crippen LogP contribution in [0.15, 0.2) is 102 Å². The molecule has 0 aromatic heterocycles. The lowest BCUT2D eigenvalue weighted by Crippen LogP contribution is -2.32. The molecular formula is C56H48BBrF14O8. The fourth-order valence-electron chi connectivity index (χ4n) is 9.90. The lowest BCUT2D eigenvalue weighted by molar-refractivity contribution is -0.212. The van der Waals surface area contributed by atoms with Crippen LogP contribution in [0.3, 0.4) is 0 Å². The summed E-state index contributed by atoms with van der Waals surface area (Å²) < 4.78 is 223. The number of halogens is 15. The van der Waals surface area contributed by atoms with Gasteiger partial charge in [0, 0.05) is 51.7 Å². The van der Waals surface area contributed by atoms with Gasteiger partial charge in [-0.25, -0.2) is 43.9 Å². The van der Waals surface area contributed by atoms with Crippen LogP contribution >= 0.6 is 15.9 Å². The average Bonchev–Trinajstić information content (AvgIpc) is 4.19. The van der Waals surface area contributed by atoms with Gasteiger partial charge in [0.15, 0.2) is 47.5 Å². The van der Waals surface area contributed by atoms with Crippen LogP contribution in [0.1, 0.15) is 86.2 Å². The van der Waals surface area contributed by atoms with Crippen LogP contribution in [-0.4, -0.2) is 43.6 Å². The Morgan fingerprint density at radius 1 is 0.425 bits per heavy atom. The van der Waals surface area contributed by atoms with Crippen molar-refractivity contribution >= 4 is 28.5 Å². The van der Waals surface area contributed by atoms with E-state index in [1.165, 1.54) is 51.4 Å². The van der Waals surface area contributed by atoms with Gasteiger partial charge in [-0.2, -0.15) is 17.6 Å².